The average molecular weight is 155 g/mol. The molecule has 66 valence electrons. The molecule has 1 nitrogen and oxygen atoms in total. The van der Waals surface area contributed by atoms with Gasteiger partial charge in [0.25, 0.3) is 0 Å². The number of hydrogen-bond acceptors (Lipinski definition) is 1. The maximum Gasteiger partial charge on any atom is 0.00898 e. The third-order valence-electron chi connectivity index (χ3n) is 3.23. The van der Waals surface area contributed by atoms with Crippen molar-refractivity contribution in [3.8, 4) is 0 Å². The zero-order valence-electron chi connectivity index (χ0n) is 8.06. The molecule has 1 aliphatic carbocycles. The van der Waals surface area contributed by atoms with E-state index in [0.29, 0.717) is 0 Å². The molecule has 1 fully saturated rings. The fourth-order valence-corrected chi connectivity index (χ4v) is 2.31. The lowest BCUT2D eigenvalue weighted by Crippen LogP contribution is -2.36. The van der Waals surface area contributed by atoms with E-state index in [0.717, 1.165) is 17.9 Å². The van der Waals surface area contributed by atoms with Crippen LogP contribution in [0.25, 0.3) is 0 Å². The van der Waals surface area contributed by atoms with Gasteiger partial charge in [0.2, 0.25) is 0 Å². The Kier molecular flexibility index (Phi) is 3.38. The third kappa shape index (κ3) is 2.19. The summed E-state index contributed by atoms with van der Waals surface area (Å²) < 4.78 is 0. The van der Waals surface area contributed by atoms with Crippen molar-refractivity contribution in [2.75, 3.05) is 7.05 Å². The predicted octanol–water partition coefficient (Wildman–Crippen LogP) is 2.42. The molecule has 0 bridgehead atoms. The van der Waals surface area contributed by atoms with Gasteiger partial charge in [-0.2, -0.15) is 0 Å². The summed E-state index contributed by atoms with van der Waals surface area (Å²) >= 11 is 0. The summed E-state index contributed by atoms with van der Waals surface area (Å²) in [5.41, 5.74) is 0. The minimum atomic E-state index is 0.790. The minimum Gasteiger partial charge on any atom is -0.317 e. The quantitative estimate of drug-likeness (QED) is 0.645. The Morgan fingerprint density at radius 1 is 1.36 bits per heavy atom. The average Bonchev–Trinajstić information content (AvgIpc) is 2.04. The van der Waals surface area contributed by atoms with Crippen LogP contribution in [0.15, 0.2) is 0 Å². The van der Waals surface area contributed by atoms with Gasteiger partial charge in [0.05, 0.1) is 0 Å². The first kappa shape index (κ1) is 9.05. The first-order valence-corrected chi connectivity index (χ1v) is 4.95. The molecule has 0 aromatic heterocycles. The molecule has 3 unspecified atom stereocenters. The molecule has 0 aromatic carbocycles. The molecule has 1 aliphatic rings. The Morgan fingerprint density at radius 3 is 2.55 bits per heavy atom. The highest BCUT2D eigenvalue weighted by Crippen LogP contribution is 2.30. The predicted molar refractivity (Wildman–Crippen MR) is 49.6 cm³/mol. The van der Waals surface area contributed by atoms with Crippen molar-refractivity contribution in [2.24, 2.45) is 11.8 Å². The van der Waals surface area contributed by atoms with Crippen molar-refractivity contribution in [3.63, 3.8) is 0 Å². The van der Waals surface area contributed by atoms with Crippen LogP contribution in [0.1, 0.15) is 39.5 Å². The van der Waals surface area contributed by atoms with Gasteiger partial charge in [0, 0.05) is 6.04 Å². The lowest BCUT2D eigenvalue weighted by Gasteiger charge is -2.33. The van der Waals surface area contributed by atoms with Gasteiger partial charge in [-0.15, -0.1) is 0 Å². The number of nitrogens with one attached hydrogen (secondary N) is 1. The SMILES string of the molecule is CCC1CCC(NC)C(C)C1. The molecule has 1 heteroatoms. The van der Waals surface area contributed by atoms with Gasteiger partial charge in [-0.1, -0.05) is 20.3 Å². The van der Waals surface area contributed by atoms with Gasteiger partial charge in [0.15, 0.2) is 0 Å². The van der Waals surface area contributed by atoms with Crippen LogP contribution in [0.4, 0.5) is 0 Å². The van der Waals surface area contributed by atoms with Crippen molar-refractivity contribution < 1.29 is 0 Å². The summed E-state index contributed by atoms with van der Waals surface area (Å²) in [6, 6.07) is 0.790. The zero-order valence-corrected chi connectivity index (χ0v) is 8.06. The Hall–Kier alpha value is -0.0400. The Balaban J connectivity index is 2.34. The van der Waals surface area contributed by atoms with Crippen LogP contribution in [0.2, 0.25) is 0 Å². The van der Waals surface area contributed by atoms with E-state index in [9.17, 15) is 0 Å². The van der Waals surface area contributed by atoms with Gasteiger partial charge in [-0.25, -0.2) is 0 Å². The van der Waals surface area contributed by atoms with Gasteiger partial charge in [-0.05, 0) is 38.1 Å². The Bertz CT molecular complexity index is 111. The van der Waals surface area contributed by atoms with Gasteiger partial charge in [-0.3, -0.25) is 0 Å². The minimum absolute atomic E-state index is 0.790. The summed E-state index contributed by atoms with van der Waals surface area (Å²) in [5.74, 6) is 1.90. The van der Waals surface area contributed by atoms with E-state index in [1.807, 2.05) is 0 Å². The van der Waals surface area contributed by atoms with E-state index in [2.05, 4.69) is 26.2 Å². The summed E-state index contributed by atoms with van der Waals surface area (Å²) in [4.78, 5) is 0. The largest absolute Gasteiger partial charge is 0.317 e. The summed E-state index contributed by atoms with van der Waals surface area (Å²) in [6.45, 7) is 4.69. The first-order chi connectivity index (χ1) is 5.27. The summed E-state index contributed by atoms with van der Waals surface area (Å²) in [6.07, 6.45) is 5.63. The molecule has 1 N–H and O–H groups in total. The maximum absolute atomic E-state index is 3.40. The highest BCUT2D eigenvalue weighted by Gasteiger charge is 2.24. The van der Waals surface area contributed by atoms with Crippen molar-refractivity contribution in [2.45, 2.75) is 45.6 Å². The van der Waals surface area contributed by atoms with Crippen LogP contribution in [-0.4, -0.2) is 13.1 Å². The van der Waals surface area contributed by atoms with Gasteiger partial charge < -0.3 is 5.32 Å². The first-order valence-electron chi connectivity index (χ1n) is 4.95. The third-order valence-corrected chi connectivity index (χ3v) is 3.23. The highest BCUT2D eigenvalue weighted by atomic mass is 14.9. The molecule has 1 saturated carbocycles. The van der Waals surface area contributed by atoms with Crippen LogP contribution in [0, 0.1) is 11.8 Å². The van der Waals surface area contributed by atoms with E-state index < -0.39 is 0 Å². The summed E-state index contributed by atoms with van der Waals surface area (Å²) in [5, 5.41) is 3.40. The molecule has 0 spiro atoms. The fourth-order valence-electron chi connectivity index (χ4n) is 2.31. The van der Waals surface area contributed by atoms with Crippen molar-refractivity contribution >= 4 is 0 Å². The molecule has 1 rings (SSSR count). The second-order valence-electron chi connectivity index (χ2n) is 3.96. The molecule has 0 radical (unpaired) electrons. The van der Waals surface area contributed by atoms with Gasteiger partial charge >= 0.3 is 0 Å². The molecular formula is C10H21N. The molecule has 0 amide bonds. The summed E-state index contributed by atoms with van der Waals surface area (Å²) in [7, 11) is 2.09. The maximum atomic E-state index is 3.40. The van der Waals surface area contributed by atoms with Crippen LogP contribution in [-0.2, 0) is 0 Å². The van der Waals surface area contributed by atoms with Crippen LogP contribution < -0.4 is 5.32 Å². The van der Waals surface area contributed by atoms with E-state index in [1.54, 1.807) is 0 Å². The molecule has 0 aromatic rings. The number of hydrogen-bond donors (Lipinski definition) is 1. The van der Waals surface area contributed by atoms with E-state index >= 15 is 0 Å². The molecule has 0 aliphatic heterocycles. The lowest BCUT2D eigenvalue weighted by molar-refractivity contribution is 0.221. The van der Waals surface area contributed by atoms with Crippen LogP contribution >= 0.6 is 0 Å². The Labute approximate surface area is 70.6 Å². The normalized spacial score (nSPS) is 39.0. The van der Waals surface area contributed by atoms with Crippen LogP contribution in [0.5, 0.6) is 0 Å². The Morgan fingerprint density at radius 2 is 2.09 bits per heavy atom. The van der Waals surface area contributed by atoms with Crippen LogP contribution in [0.3, 0.4) is 0 Å². The van der Waals surface area contributed by atoms with E-state index in [-0.39, 0.29) is 0 Å². The molecule has 0 saturated heterocycles. The monoisotopic (exact) mass is 155 g/mol. The molecule has 3 atom stereocenters. The van der Waals surface area contributed by atoms with E-state index in [1.165, 1.54) is 25.7 Å². The van der Waals surface area contributed by atoms with Crippen molar-refractivity contribution in [1.82, 2.24) is 5.32 Å². The van der Waals surface area contributed by atoms with Crippen molar-refractivity contribution in [3.05, 3.63) is 0 Å². The molecule has 0 heterocycles. The van der Waals surface area contributed by atoms with Crippen molar-refractivity contribution in [1.29, 1.82) is 0 Å². The smallest absolute Gasteiger partial charge is 0.00898 e. The number of rotatable bonds is 2. The topological polar surface area (TPSA) is 12.0 Å². The molecule has 11 heavy (non-hydrogen) atoms. The molecular weight excluding hydrogens is 134 g/mol. The second-order valence-corrected chi connectivity index (χ2v) is 3.96. The zero-order chi connectivity index (χ0) is 8.27. The lowest BCUT2D eigenvalue weighted by atomic mass is 9.78. The highest BCUT2D eigenvalue weighted by molar-refractivity contribution is 4.80. The standard InChI is InChI=1S/C10H21N/c1-4-9-5-6-10(11-3)8(2)7-9/h8-11H,4-7H2,1-3H3. The van der Waals surface area contributed by atoms with E-state index in [4.69, 9.17) is 0 Å². The second kappa shape index (κ2) is 4.10. The fraction of sp³-hybridized carbons (Fsp3) is 1.00. The van der Waals surface area contributed by atoms with Gasteiger partial charge in [0.1, 0.15) is 0 Å².